The zero-order chi connectivity index (χ0) is 13.2. The van der Waals surface area contributed by atoms with E-state index < -0.39 is 9.84 Å². The fourth-order valence-corrected chi connectivity index (χ4v) is 2.45. The Balaban J connectivity index is 2.33. The van der Waals surface area contributed by atoms with Crippen molar-refractivity contribution in [2.45, 2.75) is 11.8 Å². The van der Waals surface area contributed by atoms with Crippen LogP contribution in [0.25, 0.3) is 11.3 Å². The van der Waals surface area contributed by atoms with Crippen molar-refractivity contribution in [3.8, 4) is 17.3 Å². The van der Waals surface area contributed by atoms with Crippen LogP contribution in [-0.2, 0) is 9.84 Å². The number of aromatic nitrogens is 2. The Morgan fingerprint density at radius 3 is 2.44 bits per heavy atom. The van der Waals surface area contributed by atoms with Gasteiger partial charge >= 0.3 is 0 Å². The molecular weight excluding hydrogens is 252 g/mol. The molecule has 1 heterocycles. The number of ether oxygens (including phenoxy) is 1. The molecule has 0 aliphatic carbocycles. The van der Waals surface area contributed by atoms with E-state index in [1.807, 2.05) is 0 Å². The van der Waals surface area contributed by atoms with Crippen LogP contribution in [0.3, 0.4) is 0 Å². The highest BCUT2D eigenvalue weighted by Gasteiger charge is 2.11. The molecule has 2 rings (SSSR count). The van der Waals surface area contributed by atoms with E-state index in [2.05, 4.69) is 9.97 Å². The maximum absolute atomic E-state index is 11.7. The minimum absolute atomic E-state index is 0.101. The number of nitrogens with one attached hydrogen (secondary N) is 1. The number of nitrogens with zero attached hydrogens (tertiary/aromatic N) is 1. The molecule has 0 atom stereocenters. The minimum atomic E-state index is -3.15. The van der Waals surface area contributed by atoms with Crippen LogP contribution in [0.4, 0.5) is 0 Å². The predicted molar refractivity (Wildman–Crippen MR) is 68.3 cm³/mol. The molecule has 6 heteroatoms. The summed E-state index contributed by atoms with van der Waals surface area (Å²) >= 11 is 0. The van der Waals surface area contributed by atoms with Crippen molar-refractivity contribution >= 4 is 9.84 Å². The van der Waals surface area contributed by atoms with Crippen LogP contribution in [0.5, 0.6) is 6.01 Å². The zero-order valence-electron chi connectivity index (χ0n) is 10.2. The van der Waals surface area contributed by atoms with E-state index in [9.17, 15) is 8.42 Å². The molecular formula is C12H14N2O3S. The zero-order valence-corrected chi connectivity index (χ0v) is 11.0. The van der Waals surface area contributed by atoms with E-state index in [4.69, 9.17) is 4.74 Å². The number of benzene rings is 1. The number of imidazole rings is 1. The molecule has 96 valence electrons. The normalized spacial score (nSPS) is 11.4. The third kappa shape index (κ3) is 2.38. The van der Waals surface area contributed by atoms with Gasteiger partial charge in [-0.05, 0) is 17.7 Å². The number of sulfone groups is 1. The average Bonchev–Trinajstić information content (AvgIpc) is 2.87. The summed E-state index contributed by atoms with van der Waals surface area (Å²) in [6.07, 6.45) is 1.64. The Kier molecular flexibility index (Phi) is 3.38. The second kappa shape index (κ2) is 4.81. The highest BCUT2D eigenvalue weighted by atomic mass is 32.2. The number of hydrogen-bond acceptors (Lipinski definition) is 4. The quantitative estimate of drug-likeness (QED) is 0.917. The predicted octanol–water partition coefficient (Wildman–Crippen LogP) is 1.88. The molecule has 0 amide bonds. The highest BCUT2D eigenvalue weighted by Crippen LogP contribution is 2.21. The van der Waals surface area contributed by atoms with Crippen LogP contribution in [-0.4, -0.2) is 31.2 Å². The van der Waals surface area contributed by atoms with Crippen LogP contribution >= 0.6 is 0 Å². The Labute approximate surface area is 106 Å². The number of H-pyrrole nitrogens is 1. The molecule has 1 aromatic heterocycles. The minimum Gasteiger partial charge on any atom is -0.468 e. The maximum Gasteiger partial charge on any atom is 0.293 e. The van der Waals surface area contributed by atoms with E-state index in [0.29, 0.717) is 10.9 Å². The third-order valence-corrected chi connectivity index (χ3v) is 4.40. The summed E-state index contributed by atoms with van der Waals surface area (Å²) in [4.78, 5) is 7.30. The molecule has 0 aliphatic heterocycles. The molecule has 0 radical (unpaired) electrons. The Hall–Kier alpha value is -1.82. The smallest absolute Gasteiger partial charge is 0.293 e. The number of methoxy groups -OCH3 is 1. The van der Waals surface area contributed by atoms with Crippen molar-refractivity contribution in [1.29, 1.82) is 0 Å². The fraction of sp³-hybridized carbons (Fsp3) is 0.250. The van der Waals surface area contributed by atoms with Gasteiger partial charge in [0.05, 0.1) is 29.6 Å². The first-order valence-corrected chi connectivity index (χ1v) is 7.14. The first-order valence-electron chi connectivity index (χ1n) is 5.49. The number of hydrogen-bond donors (Lipinski definition) is 1. The van der Waals surface area contributed by atoms with Crippen molar-refractivity contribution in [2.75, 3.05) is 12.9 Å². The average molecular weight is 266 g/mol. The van der Waals surface area contributed by atoms with Gasteiger partial charge in [-0.1, -0.05) is 19.1 Å². The van der Waals surface area contributed by atoms with Gasteiger partial charge in [-0.25, -0.2) is 13.4 Å². The van der Waals surface area contributed by atoms with Gasteiger partial charge < -0.3 is 9.72 Å². The third-order valence-electron chi connectivity index (χ3n) is 2.65. The van der Waals surface area contributed by atoms with Gasteiger partial charge in [0.1, 0.15) is 0 Å². The second-order valence-corrected chi connectivity index (χ2v) is 6.01. The first-order chi connectivity index (χ1) is 8.56. The summed E-state index contributed by atoms with van der Waals surface area (Å²) < 4.78 is 28.3. The monoisotopic (exact) mass is 266 g/mol. The van der Waals surface area contributed by atoms with E-state index in [0.717, 1.165) is 11.3 Å². The van der Waals surface area contributed by atoms with E-state index in [-0.39, 0.29) is 5.75 Å². The summed E-state index contributed by atoms with van der Waals surface area (Å²) in [6.45, 7) is 1.63. The molecule has 0 bridgehead atoms. The van der Waals surface area contributed by atoms with E-state index in [1.54, 1.807) is 37.4 Å². The molecule has 1 N–H and O–H groups in total. The Bertz CT molecular complexity index is 630. The molecule has 1 aromatic carbocycles. The van der Waals surface area contributed by atoms with Gasteiger partial charge in [-0.3, -0.25) is 0 Å². The van der Waals surface area contributed by atoms with Crippen LogP contribution in [0.2, 0.25) is 0 Å². The van der Waals surface area contributed by atoms with Gasteiger partial charge in [-0.15, -0.1) is 0 Å². The standard InChI is InChI=1S/C12H14N2O3S/c1-3-18(15,16)10-6-4-9(5-7-10)11-8-13-12(14-11)17-2/h4-8H,3H2,1-2H3,(H,13,14). The van der Waals surface area contributed by atoms with Crippen molar-refractivity contribution in [3.63, 3.8) is 0 Å². The summed E-state index contributed by atoms with van der Waals surface area (Å²) in [5.74, 6) is 0.101. The summed E-state index contributed by atoms with van der Waals surface area (Å²) in [5, 5.41) is 0. The molecule has 5 nitrogen and oxygen atoms in total. The highest BCUT2D eigenvalue weighted by molar-refractivity contribution is 7.91. The fourth-order valence-electron chi connectivity index (χ4n) is 1.56. The molecule has 0 unspecified atom stereocenters. The lowest BCUT2D eigenvalue weighted by atomic mass is 10.2. The van der Waals surface area contributed by atoms with Crippen molar-refractivity contribution in [2.24, 2.45) is 0 Å². The van der Waals surface area contributed by atoms with Gasteiger partial charge in [0.25, 0.3) is 6.01 Å². The molecule has 0 saturated heterocycles. The van der Waals surface area contributed by atoms with Gasteiger partial charge in [-0.2, -0.15) is 0 Å². The van der Waals surface area contributed by atoms with Gasteiger partial charge in [0.2, 0.25) is 0 Å². The second-order valence-electron chi connectivity index (χ2n) is 3.73. The van der Waals surface area contributed by atoms with Crippen LogP contribution in [0.1, 0.15) is 6.92 Å². The van der Waals surface area contributed by atoms with Crippen LogP contribution < -0.4 is 4.74 Å². The molecule has 0 spiro atoms. The van der Waals surface area contributed by atoms with Crippen molar-refractivity contribution in [1.82, 2.24) is 9.97 Å². The number of rotatable bonds is 4. The number of aromatic amines is 1. The van der Waals surface area contributed by atoms with Crippen LogP contribution in [0.15, 0.2) is 35.4 Å². The lowest BCUT2D eigenvalue weighted by Gasteiger charge is -2.02. The Morgan fingerprint density at radius 2 is 1.94 bits per heavy atom. The first kappa shape index (κ1) is 12.6. The Morgan fingerprint density at radius 1 is 1.28 bits per heavy atom. The van der Waals surface area contributed by atoms with Gasteiger partial charge in [0, 0.05) is 0 Å². The summed E-state index contributed by atoms with van der Waals surface area (Å²) in [6, 6.07) is 7.11. The van der Waals surface area contributed by atoms with Crippen LogP contribution in [0, 0.1) is 0 Å². The summed E-state index contributed by atoms with van der Waals surface area (Å²) in [7, 11) is -1.62. The summed E-state index contributed by atoms with van der Waals surface area (Å²) in [5.41, 5.74) is 1.65. The topological polar surface area (TPSA) is 72.1 Å². The lowest BCUT2D eigenvalue weighted by molar-refractivity contribution is 0.384. The molecule has 0 aliphatic rings. The maximum atomic E-state index is 11.7. The van der Waals surface area contributed by atoms with Crippen molar-refractivity contribution in [3.05, 3.63) is 30.5 Å². The van der Waals surface area contributed by atoms with E-state index >= 15 is 0 Å². The molecule has 0 saturated carbocycles. The SMILES string of the molecule is CCS(=O)(=O)c1ccc(-c2cnc(OC)[nH]2)cc1. The largest absolute Gasteiger partial charge is 0.468 e. The molecule has 0 fully saturated rings. The molecule has 18 heavy (non-hydrogen) atoms. The van der Waals surface area contributed by atoms with E-state index in [1.165, 1.54) is 7.11 Å². The van der Waals surface area contributed by atoms with Gasteiger partial charge in [0.15, 0.2) is 9.84 Å². The lowest BCUT2D eigenvalue weighted by Crippen LogP contribution is -2.03. The molecule has 2 aromatic rings. The van der Waals surface area contributed by atoms with Crippen molar-refractivity contribution < 1.29 is 13.2 Å².